The highest BCUT2D eigenvalue weighted by atomic mass is 32.1. The van der Waals surface area contributed by atoms with E-state index < -0.39 is 0 Å². The molecule has 0 unspecified atom stereocenters. The molecule has 0 saturated carbocycles. The van der Waals surface area contributed by atoms with Gasteiger partial charge in [0.25, 0.3) is 11.5 Å². The highest BCUT2D eigenvalue weighted by Gasteiger charge is 2.13. The molecule has 0 saturated heterocycles. The molecule has 1 amide bonds. The zero-order valence-corrected chi connectivity index (χ0v) is 18.0. The van der Waals surface area contributed by atoms with Gasteiger partial charge < -0.3 is 15.2 Å². The van der Waals surface area contributed by atoms with Gasteiger partial charge in [0.1, 0.15) is 0 Å². The molecular weight excluding hydrogens is 384 g/mol. The molecule has 29 heavy (non-hydrogen) atoms. The Bertz CT molecular complexity index is 1180. The van der Waals surface area contributed by atoms with Gasteiger partial charge in [-0.1, -0.05) is 12.1 Å². The van der Waals surface area contributed by atoms with Crippen LogP contribution >= 0.6 is 12.2 Å². The van der Waals surface area contributed by atoms with Crippen molar-refractivity contribution < 1.29 is 4.79 Å². The minimum absolute atomic E-state index is 0.163. The topological polar surface area (TPSA) is 70.1 Å². The summed E-state index contributed by atoms with van der Waals surface area (Å²) in [6, 6.07) is 10.8. The van der Waals surface area contributed by atoms with E-state index in [0.717, 1.165) is 29.8 Å². The average Bonchev–Trinajstić information content (AvgIpc) is 2.67. The molecule has 0 aliphatic carbocycles. The Morgan fingerprint density at radius 1 is 1.21 bits per heavy atom. The highest BCUT2D eigenvalue weighted by molar-refractivity contribution is 7.71. The maximum absolute atomic E-state index is 13.1. The van der Waals surface area contributed by atoms with Gasteiger partial charge in [0.15, 0.2) is 4.77 Å². The number of rotatable bonds is 6. The van der Waals surface area contributed by atoms with Gasteiger partial charge in [0, 0.05) is 12.1 Å². The summed E-state index contributed by atoms with van der Waals surface area (Å²) in [5.74, 6) is -0.163. The van der Waals surface area contributed by atoms with Gasteiger partial charge in [-0.15, -0.1) is 0 Å². The second kappa shape index (κ2) is 8.71. The van der Waals surface area contributed by atoms with Crippen LogP contribution in [-0.2, 0) is 0 Å². The molecule has 152 valence electrons. The van der Waals surface area contributed by atoms with Crippen LogP contribution < -0.4 is 10.9 Å². The number of carbonyl (C=O) groups excluding carboxylic acids is 1. The summed E-state index contributed by atoms with van der Waals surface area (Å²) in [7, 11) is 4.00. The van der Waals surface area contributed by atoms with Crippen LogP contribution in [0.5, 0.6) is 0 Å². The fraction of sp³-hybridized carbons (Fsp3) is 0.318. The van der Waals surface area contributed by atoms with Gasteiger partial charge in [-0.2, -0.15) is 0 Å². The Hall–Kier alpha value is -2.77. The van der Waals surface area contributed by atoms with Crippen LogP contribution in [0.3, 0.4) is 0 Å². The van der Waals surface area contributed by atoms with Crippen molar-refractivity contribution in [2.45, 2.75) is 20.3 Å². The summed E-state index contributed by atoms with van der Waals surface area (Å²) in [5.41, 5.74) is 3.71. The molecule has 0 radical (unpaired) electrons. The van der Waals surface area contributed by atoms with E-state index >= 15 is 0 Å². The molecule has 7 heteroatoms. The molecule has 0 aliphatic rings. The van der Waals surface area contributed by atoms with E-state index in [-0.39, 0.29) is 11.5 Å². The Morgan fingerprint density at radius 3 is 2.69 bits per heavy atom. The lowest BCUT2D eigenvalue weighted by Gasteiger charge is -2.13. The molecule has 0 spiro atoms. The predicted molar refractivity (Wildman–Crippen MR) is 120 cm³/mol. The van der Waals surface area contributed by atoms with Crippen molar-refractivity contribution in [1.29, 1.82) is 0 Å². The van der Waals surface area contributed by atoms with E-state index in [1.165, 1.54) is 4.57 Å². The number of nitrogens with one attached hydrogen (secondary N) is 2. The number of nitrogens with zero attached hydrogens (tertiary/aromatic N) is 2. The van der Waals surface area contributed by atoms with Crippen molar-refractivity contribution in [1.82, 2.24) is 19.8 Å². The lowest BCUT2D eigenvalue weighted by Crippen LogP contribution is -2.27. The van der Waals surface area contributed by atoms with E-state index in [4.69, 9.17) is 12.2 Å². The third kappa shape index (κ3) is 4.46. The monoisotopic (exact) mass is 410 g/mol. The second-order valence-electron chi connectivity index (χ2n) is 7.46. The summed E-state index contributed by atoms with van der Waals surface area (Å²) >= 11 is 5.47. The maximum atomic E-state index is 13.1. The van der Waals surface area contributed by atoms with Crippen LogP contribution in [-0.4, -0.2) is 47.5 Å². The Balaban J connectivity index is 1.96. The molecular formula is C22H26N4O2S. The molecule has 0 atom stereocenters. The van der Waals surface area contributed by atoms with Gasteiger partial charge in [-0.3, -0.25) is 14.2 Å². The number of aryl methyl sites for hydroxylation is 1. The quantitative estimate of drug-likeness (QED) is 0.483. The molecule has 2 aromatic carbocycles. The summed E-state index contributed by atoms with van der Waals surface area (Å²) in [5, 5.41) is 3.40. The Kier molecular flexibility index (Phi) is 6.30. The standard InChI is InChI=1S/C22H26N4O2S/c1-14-7-5-8-19(15(14)2)26-21(28)17-10-9-16(13-18(17)24-22(26)29)20(27)23-11-6-12-25(3)4/h5,7-10,13H,6,11-12H2,1-4H3,(H,23,27)(H,24,29). The van der Waals surface area contributed by atoms with E-state index in [2.05, 4.69) is 15.2 Å². The predicted octanol–water partition coefficient (Wildman–Crippen LogP) is 3.35. The number of benzene rings is 2. The number of hydrogen-bond acceptors (Lipinski definition) is 4. The second-order valence-corrected chi connectivity index (χ2v) is 7.85. The molecule has 0 bridgehead atoms. The van der Waals surface area contributed by atoms with Crippen molar-refractivity contribution in [3.63, 3.8) is 0 Å². The first kappa shape index (κ1) is 21.0. The number of hydrogen-bond donors (Lipinski definition) is 2. The molecule has 6 nitrogen and oxygen atoms in total. The van der Waals surface area contributed by atoms with Crippen molar-refractivity contribution >= 4 is 29.0 Å². The van der Waals surface area contributed by atoms with Gasteiger partial charge in [0.2, 0.25) is 0 Å². The largest absolute Gasteiger partial charge is 0.352 e. The third-order valence-electron chi connectivity index (χ3n) is 5.04. The molecule has 3 rings (SSSR count). The lowest BCUT2D eigenvalue weighted by molar-refractivity contribution is 0.0952. The normalized spacial score (nSPS) is 11.2. The number of carbonyl (C=O) groups is 1. The number of amides is 1. The van der Waals surface area contributed by atoms with E-state index in [9.17, 15) is 9.59 Å². The van der Waals surface area contributed by atoms with Gasteiger partial charge in [-0.05, 0) is 88.5 Å². The van der Waals surface area contributed by atoms with E-state index in [1.807, 2.05) is 46.1 Å². The van der Waals surface area contributed by atoms with Crippen LogP contribution in [0.1, 0.15) is 27.9 Å². The minimum atomic E-state index is -0.199. The summed E-state index contributed by atoms with van der Waals surface area (Å²) in [6.45, 7) is 5.48. The van der Waals surface area contributed by atoms with Crippen LogP contribution in [0.25, 0.3) is 16.6 Å². The Morgan fingerprint density at radius 2 is 1.97 bits per heavy atom. The summed E-state index contributed by atoms with van der Waals surface area (Å²) in [6.07, 6.45) is 0.870. The lowest BCUT2D eigenvalue weighted by atomic mass is 10.1. The molecule has 1 aromatic heterocycles. The van der Waals surface area contributed by atoms with Crippen molar-refractivity contribution in [3.05, 3.63) is 68.2 Å². The van der Waals surface area contributed by atoms with Crippen molar-refractivity contribution in [3.8, 4) is 5.69 Å². The number of H-pyrrole nitrogens is 1. The molecule has 1 heterocycles. The average molecular weight is 411 g/mol. The van der Waals surface area contributed by atoms with E-state index in [1.54, 1.807) is 18.2 Å². The summed E-state index contributed by atoms with van der Waals surface area (Å²) < 4.78 is 1.82. The Labute approximate surface area is 175 Å². The number of aromatic amines is 1. The van der Waals surface area contributed by atoms with Gasteiger partial charge >= 0.3 is 0 Å². The first-order chi connectivity index (χ1) is 13.8. The first-order valence-electron chi connectivity index (χ1n) is 9.58. The zero-order valence-electron chi connectivity index (χ0n) is 17.2. The van der Waals surface area contributed by atoms with Crippen LogP contribution in [0, 0.1) is 18.6 Å². The summed E-state index contributed by atoms with van der Waals surface area (Å²) in [4.78, 5) is 30.8. The van der Waals surface area contributed by atoms with Gasteiger partial charge in [0.05, 0.1) is 16.6 Å². The van der Waals surface area contributed by atoms with E-state index in [0.29, 0.717) is 27.8 Å². The highest BCUT2D eigenvalue weighted by Crippen LogP contribution is 2.18. The smallest absolute Gasteiger partial charge is 0.266 e. The SMILES string of the molecule is Cc1cccc(-n2c(=S)[nH]c3cc(C(=O)NCCCN(C)C)ccc3c2=O)c1C. The van der Waals surface area contributed by atoms with Crippen molar-refractivity contribution in [2.24, 2.45) is 0 Å². The zero-order chi connectivity index (χ0) is 21.1. The minimum Gasteiger partial charge on any atom is -0.352 e. The van der Waals surface area contributed by atoms with Gasteiger partial charge in [-0.25, -0.2) is 0 Å². The molecule has 0 fully saturated rings. The molecule has 3 aromatic rings. The molecule has 2 N–H and O–H groups in total. The van der Waals surface area contributed by atoms with Crippen LogP contribution in [0.4, 0.5) is 0 Å². The third-order valence-corrected chi connectivity index (χ3v) is 5.33. The van der Waals surface area contributed by atoms with Crippen LogP contribution in [0.15, 0.2) is 41.2 Å². The number of fused-ring (bicyclic) bond motifs is 1. The fourth-order valence-corrected chi connectivity index (χ4v) is 3.55. The fourth-order valence-electron chi connectivity index (χ4n) is 3.26. The number of aromatic nitrogens is 2. The molecule has 0 aliphatic heterocycles. The van der Waals surface area contributed by atoms with Crippen LogP contribution in [0.2, 0.25) is 0 Å². The first-order valence-corrected chi connectivity index (χ1v) is 9.99. The van der Waals surface area contributed by atoms with Crippen molar-refractivity contribution in [2.75, 3.05) is 27.2 Å². The maximum Gasteiger partial charge on any atom is 0.266 e.